The zero-order valence-corrected chi connectivity index (χ0v) is 13.2. The van der Waals surface area contributed by atoms with E-state index in [4.69, 9.17) is 21.7 Å². The number of morpholine rings is 1. The van der Waals surface area contributed by atoms with Crippen LogP contribution < -0.4 is 15.4 Å². The largest absolute Gasteiger partial charge is 0.481 e. The second-order valence-corrected chi connectivity index (χ2v) is 5.12. The fourth-order valence-corrected chi connectivity index (χ4v) is 2.19. The lowest BCUT2D eigenvalue weighted by Gasteiger charge is -2.26. The topological polar surface area (TPSA) is 71.5 Å². The Labute approximate surface area is 130 Å². The number of nitrogens with one attached hydrogen (secondary N) is 2. The standard InChI is InChI=1S/C13H21N5O2S/c1-10-9-11(19-2)16-12(15-10)17-13(21)14-3-4-18-5-7-20-8-6-18/h9H,3-8H2,1-2H3,(H2,14,15,16,17,21). The molecular weight excluding hydrogens is 290 g/mol. The molecule has 0 spiro atoms. The first-order valence-corrected chi connectivity index (χ1v) is 7.33. The van der Waals surface area contributed by atoms with Crippen LogP contribution in [0.1, 0.15) is 5.69 Å². The Morgan fingerprint density at radius 3 is 2.90 bits per heavy atom. The normalized spacial score (nSPS) is 15.5. The van der Waals surface area contributed by atoms with Gasteiger partial charge in [-0.15, -0.1) is 0 Å². The number of aromatic nitrogens is 2. The van der Waals surface area contributed by atoms with Crippen molar-refractivity contribution in [3.63, 3.8) is 0 Å². The molecule has 0 aromatic carbocycles. The summed E-state index contributed by atoms with van der Waals surface area (Å²) in [5.74, 6) is 0.955. The molecule has 8 heteroatoms. The van der Waals surface area contributed by atoms with E-state index in [-0.39, 0.29) is 0 Å². The van der Waals surface area contributed by atoms with E-state index in [9.17, 15) is 0 Å². The van der Waals surface area contributed by atoms with Crippen molar-refractivity contribution in [1.82, 2.24) is 20.2 Å². The summed E-state index contributed by atoms with van der Waals surface area (Å²) in [6.45, 7) is 7.14. The minimum Gasteiger partial charge on any atom is -0.481 e. The second-order valence-electron chi connectivity index (χ2n) is 4.71. The molecule has 1 aliphatic heterocycles. The molecule has 0 bridgehead atoms. The molecule has 0 amide bonds. The number of anilines is 1. The molecule has 2 heterocycles. The quantitative estimate of drug-likeness (QED) is 0.758. The Bertz CT molecular complexity index is 480. The maximum atomic E-state index is 5.31. The van der Waals surface area contributed by atoms with Crippen LogP contribution in [0.2, 0.25) is 0 Å². The molecular formula is C13H21N5O2S. The molecule has 1 aromatic heterocycles. The second kappa shape index (κ2) is 8.06. The van der Waals surface area contributed by atoms with Crippen molar-refractivity contribution in [1.29, 1.82) is 0 Å². The molecule has 0 radical (unpaired) electrons. The number of thiocarbonyl (C=S) groups is 1. The lowest BCUT2D eigenvalue weighted by molar-refractivity contribution is 0.0389. The Kier molecular flexibility index (Phi) is 6.09. The number of rotatable bonds is 5. The van der Waals surface area contributed by atoms with Gasteiger partial charge in [-0.1, -0.05) is 0 Å². The van der Waals surface area contributed by atoms with Crippen molar-refractivity contribution < 1.29 is 9.47 Å². The Hall–Kier alpha value is -1.51. The van der Waals surface area contributed by atoms with Crippen molar-refractivity contribution in [2.45, 2.75) is 6.92 Å². The van der Waals surface area contributed by atoms with Gasteiger partial charge in [0.2, 0.25) is 11.8 Å². The predicted molar refractivity (Wildman–Crippen MR) is 84.8 cm³/mol. The predicted octanol–water partition coefficient (Wildman–Crippen LogP) is 0.412. The molecule has 0 atom stereocenters. The average molecular weight is 311 g/mol. The highest BCUT2D eigenvalue weighted by atomic mass is 32.1. The first-order valence-electron chi connectivity index (χ1n) is 6.92. The summed E-state index contributed by atoms with van der Waals surface area (Å²) in [4.78, 5) is 10.8. The number of ether oxygens (including phenoxy) is 2. The van der Waals surface area contributed by atoms with Gasteiger partial charge in [-0.3, -0.25) is 4.90 Å². The number of hydrogen-bond acceptors (Lipinski definition) is 6. The number of aryl methyl sites for hydroxylation is 1. The first kappa shape index (κ1) is 15.9. The van der Waals surface area contributed by atoms with Crippen molar-refractivity contribution >= 4 is 23.3 Å². The summed E-state index contributed by atoms with van der Waals surface area (Å²) in [5.41, 5.74) is 0.820. The Balaban J connectivity index is 1.75. The molecule has 2 rings (SSSR count). The van der Waals surface area contributed by atoms with Gasteiger partial charge in [-0.25, -0.2) is 4.98 Å². The Morgan fingerprint density at radius 1 is 1.43 bits per heavy atom. The summed E-state index contributed by atoms with van der Waals surface area (Å²) in [5, 5.41) is 6.63. The zero-order valence-electron chi connectivity index (χ0n) is 12.4. The maximum absolute atomic E-state index is 5.31. The van der Waals surface area contributed by atoms with Gasteiger partial charge in [0.05, 0.1) is 20.3 Å². The van der Waals surface area contributed by atoms with Gasteiger partial charge < -0.3 is 20.1 Å². The summed E-state index contributed by atoms with van der Waals surface area (Å²) in [7, 11) is 1.57. The molecule has 1 aromatic rings. The highest BCUT2D eigenvalue weighted by Crippen LogP contribution is 2.10. The van der Waals surface area contributed by atoms with Crippen LogP contribution >= 0.6 is 12.2 Å². The van der Waals surface area contributed by atoms with E-state index < -0.39 is 0 Å². The molecule has 1 saturated heterocycles. The average Bonchev–Trinajstić information content (AvgIpc) is 2.47. The van der Waals surface area contributed by atoms with Crippen LogP contribution in [-0.2, 0) is 4.74 Å². The fourth-order valence-electron chi connectivity index (χ4n) is 2.00. The van der Waals surface area contributed by atoms with Gasteiger partial charge >= 0.3 is 0 Å². The summed E-state index contributed by atoms with van der Waals surface area (Å²) >= 11 is 5.24. The smallest absolute Gasteiger partial charge is 0.232 e. The molecule has 2 N–H and O–H groups in total. The zero-order chi connectivity index (χ0) is 15.1. The third-order valence-corrected chi connectivity index (χ3v) is 3.33. The minimum absolute atomic E-state index is 0.440. The molecule has 0 unspecified atom stereocenters. The van der Waals surface area contributed by atoms with Crippen molar-refractivity contribution in [2.24, 2.45) is 0 Å². The van der Waals surface area contributed by atoms with Crippen molar-refractivity contribution in [2.75, 3.05) is 51.8 Å². The van der Waals surface area contributed by atoms with Gasteiger partial charge in [0.1, 0.15) is 0 Å². The van der Waals surface area contributed by atoms with Crippen LogP contribution in [0.5, 0.6) is 5.88 Å². The highest BCUT2D eigenvalue weighted by Gasteiger charge is 2.10. The number of hydrogen-bond donors (Lipinski definition) is 2. The SMILES string of the molecule is COc1cc(C)nc(NC(=S)NCCN2CCOCC2)n1. The fraction of sp³-hybridized carbons (Fsp3) is 0.615. The van der Waals surface area contributed by atoms with Gasteiger partial charge in [-0.05, 0) is 19.1 Å². The van der Waals surface area contributed by atoms with E-state index in [1.807, 2.05) is 6.92 Å². The van der Waals surface area contributed by atoms with Crippen LogP contribution in [0.15, 0.2) is 6.07 Å². The van der Waals surface area contributed by atoms with Crippen molar-refractivity contribution in [3.8, 4) is 5.88 Å². The molecule has 21 heavy (non-hydrogen) atoms. The molecule has 1 aliphatic rings. The maximum Gasteiger partial charge on any atom is 0.232 e. The molecule has 0 saturated carbocycles. The highest BCUT2D eigenvalue weighted by molar-refractivity contribution is 7.80. The third-order valence-electron chi connectivity index (χ3n) is 3.08. The monoisotopic (exact) mass is 311 g/mol. The third kappa shape index (κ3) is 5.41. The number of nitrogens with zero attached hydrogens (tertiary/aromatic N) is 3. The van der Waals surface area contributed by atoms with Crippen LogP contribution in [-0.4, -0.2) is 66.5 Å². The van der Waals surface area contributed by atoms with E-state index in [1.54, 1.807) is 13.2 Å². The van der Waals surface area contributed by atoms with Gasteiger partial charge in [0.25, 0.3) is 0 Å². The van der Waals surface area contributed by atoms with Gasteiger partial charge in [-0.2, -0.15) is 4.98 Å². The lowest BCUT2D eigenvalue weighted by atomic mass is 10.4. The molecule has 7 nitrogen and oxygen atoms in total. The van der Waals surface area contributed by atoms with E-state index in [1.165, 1.54) is 0 Å². The first-order chi connectivity index (χ1) is 10.2. The van der Waals surface area contributed by atoms with Crippen molar-refractivity contribution in [3.05, 3.63) is 11.8 Å². The van der Waals surface area contributed by atoms with Crippen LogP contribution in [0, 0.1) is 6.92 Å². The van der Waals surface area contributed by atoms with Gasteiger partial charge in [0.15, 0.2) is 5.11 Å². The Morgan fingerprint density at radius 2 is 2.19 bits per heavy atom. The van der Waals surface area contributed by atoms with E-state index in [0.717, 1.165) is 45.1 Å². The van der Waals surface area contributed by atoms with Crippen LogP contribution in [0.25, 0.3) is 0 Å². The molecule has 0 aliphatic carbocycles. The summed E-state index contributed by atoms with van der Waals surface area (Å²) in [6, 6.07) is 1.76. The van der Waals surface area contributed by atoms with E-state index >= 15 is 0 Å². The van der Waals surface area contributed by atoms with E-state index in [2.05, 4.69) is 25.5 Å². The van der Waals surface area contributed by atoms with E-state index in [0.29, 0.717) is 16.9 Å². The van der Waals surface area contributed by atoms with Gasteiger partial charge in [0, 0.05) is 37.9 Å². The van der Waals surface area contributed by atoms with Crippen LogP contribution in [0.3, 0.4) is 0 Å². The molecule has 1 fully saturated rings. The van der Waals surface area contributed by atoms with Crippen LogP contribution in [0.4, 0.5) is 5.95 Å². The lowest BCUT2D eigenvalue weighted by Crippen LogP contribution is -2.42. The molecule has 116 valence electrons. The minimum atomic E-state index is 0.440. The summed E-state index contributed by atoms with van der Waals surface area (Å²) < 4.78 is 10.4. The summed E-state index contributed by atoms with van der Waals surface area (Å²) in [6.07, 6.45) is 0. The number of methoxy groups -OCH3 is 1.